The van der Waals surface area contributed by atoms with Crippen molar-refractivity contribution in [3.05, 3.63) is 29.3 Å². The van der Waals surface area contributed by atoms with Crippen molar-refractivity contribution < 1.29 is 4.74 Å². The lowest BCUT2D eigenvalue weighted by atomic mass is 10.1. The highest BCUT2D eigenvalue weighted by molar-refractivity contribution is 5.38. The van der Waals surface area contributed by atoms with E-state index >= 15 is 0 Å². The molecule has 17 heavy (non-hydrogen) atoms. The van der Waals surface area contributed by atoms with Crippen LogP contribution in [0.5, 0.6) is 5.75 Å². The summed E-state index contributed by atoms with van der Waals surface area (Å²) in [6.07, 6.45) is 7.42. The van der Waals surface area contributed by atoms with Gasteiger partial charge in [0, 0.05) is 0 Å². The molecule has 0 bridgehead atoms. The summed E-state index contributed by atoms with van der Waals surface area (Å²) in [4.78, 5) is 0. The first-order valence-corrected chi connectivity index (χ1v) is 6.79. The molecule has 0 aliphatic heterocycles. The zero-order valence-electron chi connectivity index (χ0n) is 10.8. The lowest BCUT2D eigenvalue weighted by Crippen LogP contribution is -2.07. The molecule has 1 aliphatic rings. The zero-order chi connectivity index (χ0) is 11.9. The van der Waals surface area contributed by atoms with Crippen LogP contribution < -0.4 is 10.1 Å². The van der Waals surface area contributed by atoms with Crippen LogP contribution in [0.1, 0.15) is 36.8 Å². The molecule has 0 spiro atoms. The molecule has 0 saturated carbocycles. The largest absolute Gasteiger partial charge is 0.494 e. The average Bonchev–Trinajstić information content (AvgIpc) is 2.81. The molecule has 1 N–H and O–H groups in total. The summed E-state index contributed by atoms with van der Waals surface area (Å²) in [6, 6.07) is 6.59. The van der Waals surface area contributed by atoms with Gasteiger partial charge in [0.15, 0.2) is 0 Å². The van der Waals surface area contributed by atoms with Crippen LogP contribution in [0.15, 0.2) is 18.2 Å². The number of hydrogen-bond acceptors (Lipinski definition) is 2. The van der Waals surface area contributed by atoms with Crippen LogP contribution in [0, 0.1) is 0 Å². The van der Waals surface area contributed by atoms with E-state index in [9.17, 15) is 0 Å². The number of nitrogens with one attached hydrogen (secondary N) is 1. The molecule has 0 unspecified atom stereocenters. The average molecular weight is 233 g/mol. The molecule has 2 rings (SSSR count). The topological polar surface area (TPSA) is 21.3 Å². The van der Waals surface area contributed by atoms with E-state index in [4.69, 9.17) is 4.74 Å². The number of benzene rings is 1. The predicted molar refractivity (Wildman–Crippen MR) is 71.7 cm³/mol. The maximum Gasteiger partial charge on any atom is 0.119 e. The Balaban J connectivity index is 1.69. The summed E-state index contributed by atoms with van der Waals surface area (Å²) in [7, 11) is 2.00. The molecule has 2 heteroatoms. The van der Waals surface area contributed by atoms with Gasteiger partial charge in [-0.25, -0.2) is 0 Å². The van der Waals surface area contributed by atoms with E-state index in [2.05, 4.69) is 23.5 Å². The Morgan fingerprint density at radius 1 is 1.12 bits per heavy atom. The zero-order valence-corrected chi connectivity index (χ0v) is 10.8. The van der Waals surface area contributed by atoms with Crippen LogP contribution in [0.4, 0.5) is 0 Å². The summed E-state index contributed by atoms with van der Waals surface area (Å²) in [5.74, 6) is 1.05. The SMILES string of the molecule is CNCCCCCOc1ccc2c(c1)CCC2. The molecule has 0 saturated heterocycles. The van der Waals surface area contributed by atoms with E-state index in [-0.39, 0.29) is 0 Å². The van der Waals surface area contributed by atoms with Gasteiger partial charge < -0.3 is 10.1 Å². The number of ether oxygens (including phenoxy) is 1. The first-order valence-electron chi connectivity index (χ1n) is 6.79. The van der Waals surface area contributed by atoms with Crippen LogP contribution in [0.25, 0.3) is 0 Å². The van der Waals surface area contributed by atoms with Gasteiger partial charge in [-0.2, -0.15) is 0 Å². The Bertz CT molecular complexity index is 349. The van der Waals surface area contributed by atoms with Gasteiger partial charge in [-0.15, -0.1) is 0 Å². The summed E-state index contributed by atoms with van der Waals surface area (Å²) in [5.41, 5.74) is 3.02. The molecule has 1 aromatic carbocycles. The minimum atomic E-state index is 0.850. The molecule has 0 fully saturated rings. The van der Waals surface area contributed by atoms with Crippen LogP contribution in [-0.2, 0) is 12.8 Å². The van der Waals surface area contributed by atoms with Crippen molar-refractivity contribution in [2.75, 3.05) is 20.2 Å². The Morgan fingerprint density at radius 3 is 2.88 bits per heavy atom. The van der Waals surface area contributed by atoms with E-state index in [0.29, 0.717) is 0 Å². The maximum atomic E-state index is 5.79. The molecule has 1 aliphatic carbocycles. The maximum absolute atomic E-state index is 5.79. The third-order valence-electron chi connectivity index (χ3n) is 3.41. The quantitative estimate of drug-likeness (QED) is 0.731. The highest BCUT2D eigenvalue weighted by Crippen LogP contribution is 2.26. The molecule has 0 amide bonds. The molecular formula is C15H23NO. The minimum absolute atomic E-state index is 0.850. The molecule has 0 aromatic heterocycles. The molecule has 94 valence electrons. The smallest absolute Gasteiger partial charge is 0.119 e. The molecule has 2 nitrogen and oxygen atoms in total. The van der Waals surface area contributed by atoms with E-state index in [1.54, 1.807) is 0 Å². The van der Waals surface area contributed by atoms with E-state index in [0.717, 1.165) is 25.3 Å². The Labute approximate surface area is 104 Å². The van der Waals surface area contributed by atoms with Crippen molar-refractivity contribution in [1.29, 1.82) is 0 Å². The van der Waals surface area contributed by atoms with Crippen molar-refractivity contribution in [2.45, 2.75) is 38.5 Å². The normalized spacial score (nSPS) is 13.7. The van der Waals surface area contributed by atoms with Gasteiger partial charge in [-0.1, -0.05) is 6.07 Å². The molecule has 1 aromatic rings. The van der Waals surface area contributed by atoms with Gasteiger partial charge >= 0.3 is 0 Å². The van der Waals surface area contributed by atoms with Gasteiger partial charge in [-0.3, -0.25) is 0 Å². The van der Waals surface area contributed by atoms with Gasteiger partial charge in [0.25, 0.3) is 0 Å². The van der Waals surface area contributed by atoms with E-state index in [1.807, 2.05) is 7.05 Å². The first kappa shape index (κ1) is 12.4. The highest BCUT2D eigenvalue weighted by atomic mass is 16.5. The summed E-state index contributed by atoms with van der Waals surface area (Å²) in [5, 5.41) is 3.16. The Morgan fingerprint density at radius 2 is 2.00 bits per heavy atom. The van der Waals surface area contributed by atoms with Crippen molar-refractivity contribution in [3.63, 3.8) is 0 Å². The number of fused-ring (bicyclic) bond motifs is 1. The highest BCUT2D eigenvalue weighted by Gasteiger charge is 2.10. The van der Waals surface area contributed by atoms with Gasteiger partial charge in [0.2, 0.25) is 0 Å². The second kappa shape index (κ2) is 6.65. The van der Waals surface area contributed by atoms with E-state index < -0.39 is 0 Å². The Kier molecular flexibility index (Phi) is 4.87. The lowest BCUT2D eigenvalue weighted by molar-refractivity contribution is 0.305. The van der Waals surface area contributed by atoms with Crippen molar-refractivity contribution in [3.8, 4) is 5.75 Å². The molecule has 0 radical (unpaired) electrons. The lowest BCUT2D eigenvalue weighted by Gasteiger charge is -2.08. The van der Waals surface area contributed by atoms with Crippen LogP contribution in [-0.4, -0.2) is 20.2 Å². The van der Waals surface area contributed by atoms with Crippen molar-refractivity contribution in [2.24, 2.45) is 0 Å². The second-order valence-corrected chi connectivity index (χ2v) is 4.80. The number of hydrogen-bond donors (Lipinski definition) is 1. The summed E-state index contributed by atoms with van der Waals surface area (Å²) < 4.78 is 5.79. The van der Waals surface area contributed by atoms with Crippen molar-refractivity contribution in [1.82, 2.24) is 5.32 Å². The number of aryl methyl sites for hydroxylation is 2. The van der Waals surface area contributed by atoms with Gasteiger partial charge in [0.1, 0.15) is 5.75 Å². The Hall–Kier alpha value is -1.02. The van der Waals surface area contributed by atoms with Crippen LogP contribution in [0.2, 0.25) is 0 Å². The summed E-state index contributed by atoms with van der Waals surface area (Å²) in [6.45, 7) is 1.96. The van der Waals surface area contributed by atoms with Crippen LogP contribution >= 0.6 is 0 Å². The molecule has 0 atom stereocenters. The predicted octanol–water partition coefficient (Wildman–Crippen LogP) is 2.94. The monoisotopic (exact) mass is 233 g/mol. The van der Waals surface area contributed by atoms with Gasteiger partial charge in [0.05, 0.1) is 6.61 Å². The second-order valence-electron chi connectivity index (χ2n) is 4.80. The fourth-order valence-corrected chi connectivity index (χ4v) is 2.41. The van der Waals surface area contributed by atoms with E-state index in [1.165, 1.54) is 43.2 Å². The summed E-state index contributed by atoms with van der Waals surface area (Å²) >= 11 is 0. The fourth-order valence-electron chi connectivity index (χ4n) is 2.41. The molecular weight excluding hydrogens is 210 g/mol. The third kappa shape index (κ3) is 3.74. The van der Waals surface area contributed by atoms with Crippen LogP contribution in [0.3, 0.4) is 0 Å². The minimum Gasteiger partial charge on any atom is -0.494 e. The van der Waals surface area contributed by atoms with Crippen molar-refractivity contribution >= 4 is 0 Å². The number of rotatable bonds is 7. The van der Waals surface area contributed by atoms with Gasteiger partial charge in [-0.05, 0) is 75.4 Å². The third-order valence-corrected chi connectivity index (χ3v) is 3.41. The fraction of sp³-hybridized carbons (Fsp3) is 0.600. The molecule has 0 heterocycles. The standard InChI is InChI=1S/C15H23NO/c1-16-10-3-2-4-11-17-15-9-8-13-6-5-7-14(13)12-15/h8-9,12,16H,2-7,10-11H2,1H3. The number of unbranched alkanes of at least 4 members (excludes halogenated alkanes) is 2. The first-order chi connectivity index (χ1) is 8.40.